The molecule has 6 aromatic rings. The number of H-pyrrole nitrogens is 2. The van der Waals surface area contributed by atoms with Crippen molar-refractivity contribution in [1.82, 2.24) is 49.7 Å². The molecule has 11 nitrogen and oxygen atoms in total. The molecule has 0 radical (unpaired) electrons. The van der Waals surface area contributed by atoms with Crippen molar-refractivity contribution in [3.8, 4) is 56.5 Å². The maximum absolute atomic E-state index is 5.10. The zero-order valence-electron chi connectivity index (χ0n) is 15.4. The molecule has 0 aliphatic heterocycles. The van der Waals surface area contributed by atoms with Crippen molar-refractivity contribution in [3.05, 3.63) is 47.6 Å². The minimum atomic E-state index is 0.514. The van der Waals surface area contributed by atoms with Gasteiger partial charge < -0.3 is 9.51 Å². The number of hydrogen-bond donors (Lipinski definition) is 2. The minimum Gasteiger partial charge on any atom is -0.360 e. The fourth-order valence-electron chi connectivity index (χ4n) is 3.40. The number of nitrogens with zero attached hydrogens (tertiary/aromatic N) is 8. The van der Waals surface area contributed by atoms with E-state index < -0.39 is 0 Å². The molecule has 6 heterocycles. The third kappa shape index (κ3) is 2.94. The molecule has 0 aliphatic rings. The summed E-state index contributed by atoms with van der Waals surface area (Å²) in [7, 11) is 0. The average Bonchev–Trinajstić information content (AvgIpc) is 3.65. The Kier molecular flexibility index (Phi) is 4.18. The van der Waals surface area contributed by atoms with E-state index >= 15 is 0 Å². The van der Waals surface area contributed by atoms with E-state index in [0.717, 1.165) is 17.0 Å². The lowest BCUT2D eigenvalue weighted by Gasteiger charge is -2.17. The van der Waals surface area contributed by atoms with Crippen LogP contribution in [0.5, 0.6) is 0 Å². The average molecular weight is 446 g/mol. The smallest absolute Gasteiger partial charge is 0.152 e. The number of aromatic amines is 2. The van der Waals surface area contributed by atoms with Gasteiger partial charge in [0.1, 0.15) is 22.8 Å². The van der Waals surface area contributed by atoms with Crippen molar-refractivity contribution in [2.24, 2.45) is 0 Å². The Bertz CT molecular complexity index is 1320. The molecule has 0 unspecified atom stereocenters. The van der Waals surface area contributed by atoms with E-state index in [-0.39, 0.29) is 0 Å². The van der Waals surface area contributed by atoms with Gasteiger partial charge in [0, 0.05) is 38.9 Å². The van der Waals surface area contributed by atoms with Crippen LogP contribution in [-0.4, -0.2) is 49.7 Å². The van der Waals surface area contributed by atoms with E-state index in [2.05, 4.69) is 44.7 Å². The zero-order valence-corrected chi connectivity index (χ0v) is 17.1. The molecule has 13 heteroatoms. The Labute approximate surface area is 181 Å². The zero-order chi connectivity index (χ0) is 20.6. The summed E-state index contributed by atoms with van der Waals surface area (Å²) in [5.74, 6) is 0. The molecule has 0 saturated heterocycles. The van der Waals surface area contributed by atoms with Crippen LogP contribution < -0.4 is 0 Å². The van der Waals surface area contributed by atoms with Crippen molar-refractivity contribution < 1.29 is 4.52 Å². The summed E-state index contributed by atoms with van der Waals surface area (Å²) in [5.41, 5.74) is 6.68. The Morgan fingerprint density at radius 1 is 0.903 bits per heavy atom. The predicted octanol–water partition coefficient (Wildman–Crippen LogP) is 3.55. The van der Waals surface area contributed by atoms with Gasteiger partial charge in [-0.1, -0.05) is 4.49 Å². The van der Waals surface area contributed by atoms with Gasteiger partial charge in [0.05, 0.1) is 23.3 Å². The van der Waals surface area contributed by atoms with Crippen molar-refractivity contribution in [2.75, 3.05) is 0 Å². The van der Waals surface area contributed by atoms with Gasteiger partial charge in [-0.2, -0.15) is 19.8 Å². The maximum Gasteiger partial charge on any atom is 0.152 e. The fourth-order valence-corrected chi connectivity index (χ4v) is 4.36. The van der Waals surface area contributed by atoms with Gasteiger partial charge in [-0.25, -0.2) is 4.98 Å². The summed E-state index contributed by atoms with van der Waals surface area (Å²) in [6.45, 7) is 0. The van der Waals surface area contributed by atoms with E-state index in [1.54, 1.807) is 6.20 Å². The molecular weight excluding hydrogens is 436 g/mol. The molecule has 0 amide bonds. The SMILES string of the molecule is c1c[nH]c(-c2nc(-c3csnn3)c(-c3cn[nH]n3)c(-c3conn3)c2-c2ccsn2)c1. The highest BCUT2D eigenvalue weighted by molar-refractivity contribution is 7.04. The van der Waals surface area contributed by atoms with Gasteiger partial charge in [-0.15, -0.1) is 10.2 Å². The van der Waals surface area contributed by atoms with E-state index in [1.807, 2.05) is 35.2 Å². The summed E-state index contributed by atoms with van der Waals surface area (Å²) in [6, 6.07) is 5.79. The van der Waals surface area contributed by atoms with Crippen LogP contribution >= 0.6 is 23.1 Å². The highest BCUT2D eigenvalue weighted by atomic mass is 32.1. The van der Waals surface area contributed by atoms with Crippen LogP contribution in [0.2, 0.25) is 0 Å². The van der Waals surface area contributed by atoms with E-state index in [9.17, 15) is 0 Å². The molecule has 0 atom stereocenters. The van der Waals surface area contributed by atoms with Gasteiger partial charge in [-0.05, 0) is 41.3 Å². The molecular formula is C18H10N10OS2. The predicted molar refractivity (Wildman–Crippen MR) is 113 cm³/mol. The van der Waals surface area contributed by atoms with Crippen LogP contribution in [0.25, 0.3) is 56.5 Å². The molecule has 31 heavy (non-hydrogen) atoms. The van der Waals surface area contributed by atoms with Crippen LogP contribution in [0.3, 0.4) is 0 Å². The lowest BCUT2D eigenvalue weighted by Crippen LogP contribution is -2.02. The first kappa shape index (κ1) is 17.7. The van der Waals surface area contributed by atoms with E-state index in [0.29, 0.717) is 39.6 Å². The van der Waals surface area contributed by atoms with Gasteiger partial charge in [0.15, 0.2) is 6.26 Å². The highest BCUT2D eigenvalue weighted by Crippen LogP contribution is 2.46. The second-order valence-electron chi connectivity index (χ2n) is 6.34. The van der Waals surface area contributed by atoms with Gasteiger partial charge in [-0.3, -0.25) is 0 Å². The van der Waals surface area contributed by atoms with Crippen LogP contribution in [0.15, 0.2) is 52.1 Å². The maximum atomic E-state index is 5.10. The van der Waals surface area contributed by atoms with Crippen LogP contribution in [0, 0.1) is 0 Å². The molecule has 0 aliphatic carbocycles. The monoisotopic (exact) mass is 446 g/mol. The van der Waals surface area contributed by atoms with Crippen LogP contribution in [-0.2, 0) is 0 Å². The lowest BCUT2D eigenvalue weighted by molar-refractivity contribution is 0.393. The lowest BCUT2D eigenvalue weighted by atomic mass is 9.91. The van der Waals surface area contributed by atoms with Gasteiger partial charge >= 0.3 is 0 Å². The van der Waals surface area contributed by atoms with Crippen molar-refractivity contribution in [1.29, 1.82) is 0 Å². The molecule has 150 valence electrons. The summed E-state index contributed by atoms with van der Waals surface area (Å²) < 4.78 is 13.7. The first-order chi connectivity index (χ1) is 15.4. The Balaban J connectivity index is 1.82. The van der Waals surface area contributed by atoms with Crippen molar-refractivity contribution >= 4 is 23.1 Å². The normalized spacial score (nSPS) is 11.2. The molecule has 6 rings (SSSR count). The van der Waals surface area contributed by atoms with Gasteiger partial charge in [0.2, 0.25) is 0 Å². The second kappa shape index (κ2) is 7.30. The minimum absolute atomic E-state index is 0.514. The topological polar surface area (TPSA) is 148 Å². The molecule has 2 N–H and O–H groups in total. The Morgan fingerprint density at radius 3 is 2.55 bits per heavy atom. The van der Waals surface area contributed by atoms with E-state index in [1.165, 1.54) is 29.3 Å². The van der Waals surface area contributed by atoms with Crippen molar-refractivity contribution in [2.45, 2.75) is 0 Å². The highest BCUT2D eigenvalue weighted by Gasteiger charge is 2.29. The standard InChI is InChI=1S/C18H10N10OS2/c1-2-10(19-4-1)17-15(9-3-5-30-25-9)14(12-7-29-27-23-12)16(11-6-20-26-22-11)18(21-17)13-8-31-28-24-13/h1-8,19H,(H,20,22,26). The Morgan fingerprint density at radius 2 is 1.87 bits per heavy atom. The molecule has 6 aromatic heterocycles. The molecule has 0 fully saturated rings. The third-order valence-electron chi connectivity index (χ3n) is 4.63. The second-order valence-corrected chi connectivity index (χ2v) is 7.61. The first-order valence-corrected chi connectivity index (χ1v) is 10.6. The van der Waals surface area contributed by atoms with Crippen LogP contribution in [0.1, 0.15) is 0 Å². The number of hydrogen-bond acceptors (Lipinski definition) is 11. The molecule has 0 saturated carbocycles. The summed E-state index contributed by atoms with van der Waals surface area (Å²) >= 11 is 2.59. The molecule has 0 bridgehead atoms. The van der Waals surface area contributed by atoms with Gasteiger partial charge in [0.25, 0.3) is 0 Å². The largest absolute Gasteiger partial charge is 0.360 e. The summed E-state index contributed by atoms with van der Waals surface area (Å²) in [5, 5.41) is 26.9. The first-order valence-electron chi connectivity index (χ1n) is 8.93. The Hall–Kier alpha value is -4.10. The number of nitrogens with one attached hydrogen (secondary N) is 2. The van der Waals surface area contributed by atoms with Crippen molar-refractivity contribution in [3.63, 3.8) is 0 Å². The molecule has 0 spiro atoms. The fraction of sp³-hybridized carbons (Fsp3) is 0. The number of aromatic nitrogens is 10. The van der Waals surface area contributed by atoms with E-state index in [4.69, 9.17) is 9.51 Å². The summed E-state index contributed by atoms with van der Waals surface area (Å²) in [4.78, 5) is 8.26. The number of pyridine rings is 1. The summed E-state index contributed by atoms with van der Waals surface area (Å²) in [6.07, 6.45) is 4.95. The molecule has 0 aromatic carbocycles. The number of rotatable bonds is 5. The van der Waals surface area contributed by atoms with Crippen LogP contribution in [0.4, 0.5) is 0 Å². The quantitative estimate of drug-likeness (QED) is 0.405. The third-order valence-corrected chi connectivity index (χ3v) is 5.70.